The molecule has 0 aromatic heterocycles. The minimum atomic E-state index is -3.81. The maximum absolute atomic E-state index is 12.8. The quantitative estimate of drug-likeness (QED) is 0.147. The summed E-state index contributed by atoms with van der Waals surface area (Å²) in [5.41, 5.74) is -0.734. The molecule has 5 N–H and O–H groups in total. The van der Waals surface area contributed by atoms with E-state index in [4.69, 9.17) is 33.7 Å². The second kappa shape index (κ2) is 8.22. The number of hydrogen-bond donors (Lipinski definition) is 6. The molecule has 0 aromatic carbocycles. The van der Waals surface area contributed by atoms with Crippen LogP contribution in [-0.4, -0.2) is 67.7 Å². The van der Waals surface area contributed by atoms with Gasteiger partial charge in [0.1, 0.15) is 18.3 Å². The highest BCUT2D eigenvalue weighted by Gasteiger charge is 2.72. The zero-order valence-corrected chi connectivity index (χ0v) is 18.0. The molecule has 0 radical (unpaired) electrons. The van der Waals surface area contributed by atoms with Gasteiger partial charge in [0.2, 0.25) is 0 Å². The minimum absolute atomic E-state index is 0.0625. The van der Waals surface area contributed by atoms with E-state index in [2.05, 4.69) is 22.9 Å². The van der Waals surface area contributed by atoms with Gasteiger partial charge in [0.25, 0.3) is 0 Å². The van der Waals surface area contributed by atoms with Crippen LogP contribution in [0, 0.1) is 22.2 Å². The zero-order chi connectivity index (χ0) is 20.8. The van der Waals surface area contributed by atoms with Crippen molar-refractivity contribution in [2.45, 2.75) is 49.5 Å². The van der Waals surface area contributed by atoms with E-state index in [0.717, 1.165) is 12.7 Å². The van der Waals surface area contributed by atoms with Gasteiger partial charge in [-0.25, -0.2) is 4.57 Å². The predicted molar refractivity (Wildman–Crippen MR) is 105 cm³/mol. The third kappa shape index (κ3) is 4.17. The third-order valence-corrected chi connectivity index (χ3v) is 8.40. The molecule has 0 amide bonds. The largest absolute Gasteiger partial charge is 0.388 e. The Morgan fingerprint density at radius 3 is 2.79 bits per heavy atom. The summed E-state index contributed by atoms with van der Waals surface area (Å²) in [5, 5.41) is 30.5. The van der Waals surface area contributed by atoms with E-state index in [1.165, 1.54) is 0 Å². The molecule has 164 valence electrons. The monoisotopic (exact) mass is 470 g/mol. The van der Waals surface area contributed by atoms with E-state index in [1.807, 2.05) is 0 Å². The number of hydrogen-bond acceptors (Lipinski definition) is 10. The minimum Gasteiger partial charge on any atom is -0.388 e. The number of ether oxygens (including phenoxy) is 1. The number of nitrogens with one attached hydrogen (secondary N) is 4. The molecule has 10 atom stereocenters. The molecule has 2 saturated heterocycles. The highest BCUT2D eigenvalue weighted by atomic mass is 32.7. The van der Waals surface area contributed by atoms with Crippen LogP contribution in [0.3, 0.4) is 0 Å². The van der Waals surface area contributed by atoms with Crippen LogP contribution in [0.1, 0.15) is 12.8 Å². The molecule has 12 nitrogen and oxygen atoms in total. The molecule has 2 heterocycles. The maximum atomic E-state index is 12.8. The molecule has 2 aliphatic heterocycles. The van der Waals surface area contributed by atoms with Crippen molar-refractivity contribution in [1.29, 1.82) is 10.8 Å². The second-order valence-corrected chi connectivity index (χ2v) is 11.5. The molecule has 29 heavy (non-hydrogen) atoms. The predicted octanol–water partition coefficient (Wildman–Crippen LogP) is 0.489. The Morgan fingerprint density at radius 2 is 2.07 bits per heavy atom. The van der Waals surface area contributed by atoms with Gasteiger partial charge in [-0.05, 0) is 12.3 Å². The van der Waals surface area contributed by atoms with Crippen LogP contribution >= 0.6 is 27.3 Å². The summed E-state index contributed by atoms with van der Waals surface area (Å²) in [7, 11) is -2.97. The first-order valence-corrected chi connectivity index (χ1v) is 13.0. The van der Waals surface area contributed by atoms with Gasteiger partial charge in [0.05, 0.1) is 38.0 Å². The summed E-state index contributed by atoms with van der Waals surface area (Å²) in [6, 6.07) is -0.482. The van der Waals surface area contributed by atoms with E-state index in [-0.39, 0.29) is 25.6 Å². The molecule has 2 saturated carbocycles. The van der Waals surface area contributed by atoms with Crippen LogP contribution < -0.4 is 10.6 Å². The average Bonchev–Trinajstić information content (AvgIpc) is 3.21. The highest BCUT2D eigenvalue weighted by Crippen LogP contribution is 2.68. The summed E-state index contributed by atoms with van der Waals surface area (Å²) >= 11 is 4.07. The van der Waals surface area contributed by atoms with Crippen molar-refractivity contribution in [1.82, 2.24) is 10.6 Å². The fourth-order valence-corrected chi connectivity index (χ4v) is 7.06. The van der Waals surface area contributed by atoms with Crippen molar-refractivity contribution < 1.29 is 37.1 Å². The lowest BCUT2D eigenvalue weighted by molar-refractivity contribution is -0.0310. The van der Waals surface area contributed by atoms with Gasteiger partial charge in [0.15, 0.2) is 6.23 Å². The molecule has 2 bridgehead atoms. The third-order valence-electron chi connectivity index (χ3n) is 5.93. The van der Waals surface area contributed by atoms with Crippen molar-refractivity contribution in [3.63, 3.8) is 0 Å². The van der Waals surface area contributed by atoms with Gasteiger partial charge in [-0.3, -0.25) is 19.9 Å². The zero-order valence-electron chi connectivity index (χ0n) is 15.2. The van der Waals surface area contributed by atoms with Crippen LogP contribution in [-0.2, 0) is 32.0 Å². The van der Waals surface area contributed by atoms with Gasteiger partial charge >= 0.3 is 15.1 Å². The first-order valence-electron chi connectivity index (χ1n) is 9.12. The lowest BCUT2D eigenvalue weighted by Crippen LogP contribution is -2.44. The van der Waals surface area contributed by atoms with Gasteiger partial charge in [-0.1, -0.05) is 12.2 Å². The summed E-state index contributed by atoms with van der Waals surface area (Å²) in [4.78, 5) is 0. The number of aliphatic hydroxyl groups is 1. The fourth-order valence-electron chi connectivity index (χ4n) is 4.54. The lowest BCUT2D eigenvalue weighted by atomic mass is 10.0. The van der Waals surface area contributed by atoms with E-state index in [9.17, 15) is 14.2 Å². The first kappa shape index (κ1) is 21.7. The van der Waals surface area contributed by atoms with Gasteiger partial charge in [0, 0.05) is 11.8 Å². The van der Waals surface area contributed by atoms with Crippen molar-refractivity contribution in [2.24, 2.45) is 11.3 Å². The molecular formula is C14H24N4O8P2S. The van der Waals surface area contributed by atoms with Crippen LogP contribution in [0.5, 0.6) is 0 Å². The van der Waals surface area contributed by atoms with E-state index < -0.39 is 57.2 Å². The number of rotatable bonds is 4. The highest BCUT2D eigenvalue weighted by molar-refractivity contribution is 8.44. The normalized spacial score (nSPS) is 52.1. The van der Waals surface area contributed by atoms with Gasteiger partial charge in [-0.15, -0.1) is 0 Å². The van der Waals surface area contributed by atoms with Gasteiger partial charge in [-0.2, -0.15) is 0 Å². The smallest absolute Gasteiger partial charge is 0.386 e. The average molecular weight is 470 g/mol. The Kier molecular flexibility index (Phi) is 6.16. The van der Waals surface area contributed by atoms with Crippen LogP contribution in [0.4, 0.5) is 0 Å². The van der Waals surface area contributed by atoms with Crippen LogP contribution in [0.2, 0.25) is 0 Å². The molecule has 1 spiro atoms. The molecule has 2 unspecified atom stereocenters. The Hall–Kier alpha value is -0.490. The van der Waals surface area contributed by atoms with Crippen LogP contribution in [0.25, 0.3) is 0 Å². The first-order chi connectivity index (χ1) is 13.8. The molecule has 0 aromatic rings. The van der Waals surface area contributed by atoms with E-state index in [0.29, 0.717) is 6.42 Å². The van der Waals surface area contributed by atoms with Crippen molar-refractivity contribution in [3.05, 3.63) is 0 Å². The SMILES string of the molecule is N=CN[C@H]1[C@H](O)[C@@H]2O[PH](=O)OC[C@@H]3C[C@@H](O[P@](=O)(S)OCC24C[C@H]14)[C@H](NC=N)O3. The Bertz CT molecular complexity index is 748. The summed E-state index contributed by atoms with van der Waals surface area (Å²) in [5.74, 6) is -0.121. The summed E-state index contributed by atoms with van der Waals surface area (Å²) in [6.45, 7) is -3.96. The molecule has 4 aliphatic rings. The Morgan fingerprint density at radius 1 is 1.31 bits per heavy atom. The molecule has 2 aliphatic carbocycles. The molecule has 4 rings (SSSR count). The van der Waals surface area contributed by atoms with Crippen molar-refractivity contribution >= 4 is 40.0 Å². The maximum Gasteiger partial charge on any atom is 0.386 e. The van der Waals surface area contributed by atoms with Crippen molar-refractivity contribution in [3.8, 4) is 0 Å². The molecule has 15 heteroatoms. The second-order valence-electron chi connectivity index (χ2n) is 7.58. The van der Waals surface area contributed by atoms with Crippen molar-refractivity contribution in [2.75, 3.05) is 13.2 Å². The summed E-state index contributed by atoms with van der Waals surface area (Å²) < 4.78 is 52.9. The standard InChI is InChI=1S/C14H24N4O8P2S/c15-5-17-10-8-2-14(8)4-23-28(21,29)26-9-1-7(24-13(9)18-6-16)3-22-27(20)25-12(14)11(10)19/h5-13,19,27H,1-4H2,(H2,15,17)(H2,16,18)(H,21,29)/t7-,8+,9+,10+,11-,12-,13+,14?,28+/m0/s1. The van der Waals surface area contributed by atoms with E-state index in [1.54, 1.807) is 0 Å². The topological polar surface area (TPSA) is 172 Å². The molecular weight excluding hydrogens is 446 g/mol. The fraction of sp³-hybridized carbons (Fsp3) is 0.857. The number of thiol groups is 1. The number of aliphatic hydroxyl groups excluding tert-OH is 1. The number of fused-ring (bicyclic) bond motifs is 2. The lowest BCUT2D eigenvalue weighted by Gasteiger charge is -2.28. The Labute approximate surface area is 173 Å². The summed E-state index contributed by atoms with van der Waals surface area (Å²) in [6.07, 6.45) is -1.20. The van der Waals surface area contributed by atoms with E-state index >= 15 is 0 Å². The van der Waals surface area contributed by atoms with Crippen LogP contribution in [0.15, 0.2) is 0 Å². The molecule has 4 fully saturated rings. The Balaban J connectivity index is 1.56. The van der Waals surface area contributed by atoms with Gasteiger partial charge < -0.3 is 34.0 Å².